The van der Waals surface area contributed by atoms with E-state index in [0.717, 1.165) is 23.7 Å². The third-order valence-electron chi connectivity index (χ3n) is 9.17. The maximum Gasteiger partial charge on any atom is 0.00866 e. The van der Waals surface area contributed by atoms with E-state index in [1.807, 2.05) is 0 Å². The topological polar surface area (TPSA) is 0 Å². The van der Waals surface area contributed by atoms with Crippen LogP contribution < -0.4 is 0 Å². The minimum absolute atomic E-state index is 0.592. The Labute approximate surface area is 145 Å². The van der Waals surface area contributed by atoms with Gasteiger partial charge in [0.25, 0.3) is 0 Å². The first-order chi connectivity index (χ1) is 11.8. The molecule has 4 bridgehead atoms. The summed E-state index contributed by atoms with van der Waals surface area (Å²) >= 11 is 0. The zero-order valence-electron chi connectivity index (χ0n) is 14.4. The summed E-state index contributed by atoms with van der Waals surface area (Å²) in [7, 11) is 0. The molecule has 0 aromatic heterocycles. The van der Waals surface area contributed by atoms with Gasteiger partial charge in [0.15, 0.2) is 0 Å². The fourth-order valence-electron chi connectivity index (χ4n) is 8.31. The molecule has 4 unspecified atom stereocenters. The quantitative estimate of drug-likeness (QED) is 0.492. The van der Waals surface area contributed by atoms with Gasteiger partial charge in [0.1, 0.15) is 0 Å². The summed E-state index contributed by atoms with van der Waals surface area (Å²) in [6.45, 7) is 0. The number of hydrogen-bond acceptors (Lipinski definition) is 0. The van der Waals surface area contributed by atoms with Crippen molar-refractivity contribution in [3.63, 3.8) is 0 Å². The summed E-state index contributed by atoms with van der Waals surface area (Å²) in [6, 6.07) is 5.40. The highest BCUT2D eigenvalue weighted by Crippen LogP contribution is 2.71. The largest absolute Gasteiger partial charge is 0.0798 e. The van der Waals surface area contributed by atoms with E-state index in [0.29, 0.717) is 10.8 Å². The van der Waals surface area contributed by atoms with Crippen molar-refractivity contribution in [2.45, 2.75) is 75.0 Å². The highest BCUT2D eigenvalue weighted by atomic mass is 14.6. The molecule has 6 aliphatic rings. The van der Waals surface area contributed by atoms with Gasteiger partial charge in [-0.05, 0) is 58.8 Å². The minimum atomic E-state index is 0.592. The van der Waals surface area contributed by atoms with Gasteiger partial charge >= 0.3 is 0 Å². The Bertz CT molecular complexity index is 690. The van der Waals surface area contributed by atoms with Gasteiger partial charge in [-0.1, -0.05) is 62.1 Å². The van der Waals surface area contributed by atoms with E-state index in [4.69, 9.17) is 0 Å². The molecule has 24 heavy (non-hydrogen) atoms. The van der Waals surface area contributed by atoms with Crippen LogP contribution in [-0.2, 0) is 0 Å². The summed E-state index contributed by atoms with van der Waals surface area (Å²) in [4.78, 5) is 0. The molecule has 0 saturated heterocycles. The maximum atomic E-state index is 2.70. The highest BCUT2D eigenvalue weighted by Gasteiger charge is 2.59. The molecular weight excluding hydrogens is 288 g/mol. The average molecular weight is 314 g/mol. The molecule has 2 saturated carbocycles. The van der Waals surface area contributed by atoms with Crippen molar-refractivity contribution in [2.24, 2.45) is 10.8 Å². The predicted molar refractivity (Wildman–Crippen MR) is 97.5 cm³/mol. The lowest BCUT2D eigenvalue weighted by Crippen LogP contribution is -2.21. The van der Waals surface area contributed by atoms with Crippen molar-refractivity contribution in [1.82, 2.24) is 0 Å². The Balaban J connectivity index is 1.41. The summed E-state index contributed by atoms with van der Waals surface area (Å²) in [6.07, 6.45) is 22.0. The van der Waals surface area contributed by atoms with Crippen LogP contribution in [0, 0.1) is 10.8 Å². The van der Waals surface area contributed by atoms with Crippen molar-refractivity contribution >= 4 is 0 Å². The molecule has 0 radical (unpaired) electrons. The van der Waals surface area contributed by atoms with Crippen LogP contribution in [0.25, 0.3) is 0 Å². The van der Waals surface area contributed by atoms with Crippen LogP contribution >= 0.6 is 0 Å². The zero-order chi connectivity index (χ0) is 15.5. The third-order valence-corrected chi connectivity index (χ3v) is 9.17. The molecular formula is C24H26. The standard InChI is InChI=1S/C24H26/c1-2-10-23(9-1)19-5-6-20(23)16-14-18-17(13-15(16)19)21-7-8-22(18)24(21)11-3-4-12-24/h5-8,13-14,19-22H,1-4,9-12H2. The van der Waals surface area contributed by atoms with Crippen LogP contribution in [0.2, 0.25) is 0 Å². The first kappa shape index (κ1) is 13.0. The molecule has 0 N–H and O–H groups in total. The molecule has 1 aromatic carbocycles. The smallest absolute Gasteiger partial charge is 0.00866 e. The lowest BCUT2D eigenvalue weighted by atomic mass is 9.72. The molecule has 7 rings (SSSR count). The molecule has 2 fully saturated rings. The van der Waals surface area contributed by atoms with E-state index >= 15 is 0 Å². The molecule has 0 nitrogen and oxygen atoms in total. The first-order valence-corrected chi connectivity index (χ1v) is 10.4. The van der Waals surface area contributed by atoms with Crippen molar-refractivity contribution in [1.29, 1.82) is 0 Å². The number of fused-ring (bicyclic) bond motifs is 6. The van der Waals surface area contributed by atoms with E-state index in [1.54, 1.807) is 22.3 Å². The van der Waals surface area contributed by atoms with Crippen molar-refractivity contribution < 1.29 is 0 Å². The number of hydrogen-bond donors (Lipinski definition) is 0. The second-order valence-corrected chi connectivity index (χ2v) is 9.67. The van der Waals surface area contributed by atoms with Crippen molar-refractivity contribution in [2.75, 3.05) is 0 Å². The lowest BCUT2D eigenvalue weighted by molar-refractivity contribution is 0.272. The fraction of sp³-hybridized carbons (Fsp3) is 0.583. The van der Waals surface area contributed by atoms with Crippen LogP contribution in [0.4, 0.5) is 0 Å². The predicted octanol–water partition coefficient (Wildman–Crippen LogP) is 6.31. The van der Waals surface area contributed by atoms with Gasteiger partial charge in [-0.2, -0.15) is 0 Å². The van der Waals surface area contributed by atoms with Crippen LogP contribution in [0.1, 0.15) is 97.3 Å². The molecule has 2 spiro atoms. The lowest BCUT2D eigenvalue weighted by Gasteiger charge is -2.30. The Hall–Kier alpha value is -1.30. The van der Waals surface area contributed by atoms with Gasteiger partial charge < -0.3 is 0 Å². The fourth-order valence-corrected chi connectivity index (χ4v) is 8.31. The van der Waals surface area contributed by atoms with Crippen LogP contribution in [0.15, 0.2) is 36.4 Å². The van der Waals surface area contributed by atoms with Crippen LogP contribution in [-0.4, -0.2) is 0 Å². The Kier molecular flexibility index (Phi) is 2.12. The molecule has 0 heterocycles. The molecule has 0 aliphatic heterocycles. The molecule has 122 valence electrons. The monoisotopic (exact) mass is 314 g/mol. The minimum Gasteiger partial charge on any atom is -0.0798 e. The average Bonchev–Trinajstić information content (AvgIpc) is 3.44. The SMILES string of the molecule is C1=CC2c3cc4c(cc3C1C21CCCC1)C1C=CC4C12CCCC2. The molecule has 4 atom stereocenters. The second kappa shape index (κ2) is 3.92. The Morgan fingerprint density at radius 3 is 1.08 bits per heavy atom. The van der Waals surface area contributed by atoms with Crippen molar-refractivity contribution in [3.8, 4) is 0 Å². The first-order valence-electron chi connectivity index (χ1n) is 10.4. The number of rotatable bonds is 0. The van der Waals surface area contributed by atoms with E-state index in [1.165, 1.54) is 51.4 Å². The second-order valence-electron chi connectivity index (χ2n) is 9.67. The molecule has 6 aliphatic carbocycles. The van der Waals surface area contributed by atoms with E-state index in [9.17, 15) is 0 Å². The van der Waals surface area contributed by atoms with Crippen LogP contribution in [0.3, 0.4) is 0 Å². The summed E-state index contributed by atoms with van der Waals surface area (Å²) in [5, 5.41) is 0. The van der Waals surface area contributed by atoms with Gasteiger partial charge in [0, 0.05) is 23.7 Å². The Morgan fingerprint density at radius 1 is 0.500 bits per heavy atom. The summed E-state index contributed by atoms with van der Waals surface area (Å²) in [5.41, 5.74) is 8.12. The summed E-state index contributed by atoms with van der Waals surface area (Å²) in [5.74, 6) is 2.97. The van der Waals surface area contributed by atoms with Gasteiger partial charge in [-0.3, -0.25) is 0 Å². The van der Waals surface area contributed by atoms with Gasteiger partial charge in [-0.25, -0.2) is 0 Å². The summed E-state index contributed by atoms with van der Waals surface area (Å²) < 4.78 is 0. The van der Waals surface area contributed by atoms with E-state index in [-0.39, 0.29) is 0 Å². The zero-order valence-corrected chi connectivity index (χ0v) is 14.4. The molecule has 1 aromatic rings. The normalized spacial score (nSPS) is 40.3. The molecule has 0 heteroatoms. The van der Waals surface area contributed by atoms with Crippen LogP contribution in [0.5, 0.6) is 0 Å². The third kappa shape index (κ3) is 1.17. The van der Waals surface area contributed by atoms with Crippen molar-refractivity contribution in [3.05, 3.63) is 58.7 Å². The number of benzene rings is 1. The van der Waals surface area contributed by atoms with Gasteiger partial charge in [0.05, 0.1) is 0 Å². The molecule has 0 amide bonds. The Morgan fingerprint density at radius 2 is 0.792 bits per heavy atom. The van der Waals surface area contributed by atoms with Gasteiger partial charge in [0.2, 0.25) is 0 Å². The van der Waals surface area contributed by atoms with E-state index in [2.05, 4.69) is 36.4 Å². The highest BCUT2D eigenvalue weighted by molar-refractivity contribution is 5.62. The maximum absolute atomic E-state index is 2.70. The van der Waals surface area contributed by atoms with Gasteiger partial charge in [-0.15, -0.1) is 0 Å². The number of allylic oxidation sites excluding steroid dienone is 4. The van der Waals surface area contributed by atoms with E-state index < -0.39 is 0 Å².